The van der Waals surface area contributed by atoms with Crippen molar-refractivity contribution in [3.05, 3.63) is 34.3 Å². The zero-order valence-corrected chi connectivity index (χ0v) is 10.1. The van der Waals surface area contributed by atoms with Crippen LogP contribution < -0.4 is 0 Å². The number of hydrogen-bond donors (Lipinski definition) is 0. The molecule has 0 heterocycles. The van der Waals surface area contributed by atoms with Crippen molar-refractivity contribution in [2.75, 3.05) is 0 Å². The maximum absolute atomic E-state index is 12.1. The molecular formula is C13H15ClO. The number of benzene rings is 1. The smallest absolute Gasteiger partial charge is 0.167 e. The standard InChI is InChI=1S/C13H15ClO/c1-13(2,3)11-7-8-6-9(14)4-5-10(8)12(11)15/h4-6,11H,7H2,1-3H3. The van der Waals surface area contributed by atoms with Crippen molar-refractivity contribution in [1.29, 1.82) is 0 Å². The first kappa shape index (κ1) is 10.7. The van der Waals surface area contributed by atoms with Crippen LogP contribution in [0.15, 0.2) is 18.2 Å². The minimum absolute atomic E-state index is 0.0303. The van der Waals surface area contributed by atoms with Crippen LogP contribution in [0.1, 0.15) is 36.7 Å². The van der Waals surface area contributed by atoms with Gasteiger partial charge in [0.25, 0.3) is 0 Å². The molecule has 0 aromatic heterocycles. The van der Waals surface area contributed by atoms with E-state index in [1.54, 1.807) is 6.07 Å². The minimum atomic E-state index is 0.0303. The van der Waals surface area contributed by atoms with E-state index in [9.17, 15) is 4.79 Å². The second-order valence-electron chi connectivity index (χ2n) is 5.29. The van der Waals surface area contributed by atoms with E-state index in [1.807, 2.05) is 12.1 Å². The van der Waals surface area contributed by atoms with E-state index >= 15 is 0 Å². The van der Waals surface area contributed by atoms with Gasteiger partial charge in [0.2, 0.25) is 0 Å². The molecular weight excluding hydrogens is 208 g/mol. The van der Waals surface area contributed by atoms with Crippen molar-refractivity contribution in [2.24, 2.45) is 11.3 Å². The summed E-state index contributed by atoms with van der Waals surface area (Å²) in [5.41, 5.74) is 1.99. The van der Waals surface area contributed by atoms with Crippen LogP contribution in [0.25, 0.3) is 0 Å². The monoisotopic (exact) mass is 222 g/mol. The zero-order valence-electron chi connectivity index (χ0n) is 9.30. The molecule has 80 valence electrons. The van der Waals surface area contributed by atoms with Gasteiger partial charge in [-0.3, -0.25) is 4.79 Å². The highest BCUT2D eigenvalue weighted by molar-refractivity contribution is 6.30. The second kappa shape index (κ2) is 3.34. The molecule has 0 saturated carbocycles. The predicted octanol–water partition coefficient (Wildman–Crippen LogP) is 3.74. The third-order valence-electron chi connectivity index (χ3n) is 3.12. The Balaban J connectivity index is 2.42. The molecule has 1 aromatic rings. The van der Waals surface area contributed by atoms with E-state index in [2.05, 4.69) is 20.8 Å². The van der Waals surface area contributed by atoms with Crippen molar-refractivity contribution in [3.63, 3.8) is 0 Å². The summed E-state index contributed by atoms with van der Waals surface area (Å²) < 4.78 is 0. The van der Waals surface area contributed by atoms with Gasteiger partial charge in [-0.05, 0) is 35.6 Å². The molecule has 1 aliphatic rings. The molecule has 0 spiro atoms. The Morgan fingerprint density at radius 2 is 2.00 bits per heavy atom. The van der Waals surface area contributed by atoms with Crippen molar-refractivity contribution < 1.29 is 4.79 Å². The van der Waals surface area contributed by atoms with Gasteiger partial charge in [0.05, 0.1) is 0 Å². The first-order valence-corrected chi connectivity index (χ1v) is 5.60. The van der Waals surface area contributed by atoms with Crippen LogP contribution in [0.5, 0.6) is 0 Å². The number of fused-ring (bicyclic) bond motifs is 1. The molecule has 2 heteroatoms. The van der Waals surface area contributed by atoms with Crippen LogP contribution >= 0.6 is 11.6 Å². The lowest BCUT2D eigenvalue weighted by Gasteiger charge is -2.24. The summed E-state index contributed by atoms with van der Waals surface area (Å²) in [7, 11) is 0. The SMILES string of the molecule is CC(C)(C)C1Cc2cc(Cl)ccc2C1=O. The van der Waals surface area contributed by atoms with E-state index in [1.165, 1.54) is 0 Å². The Morgan fingerprint density at radius 1 is 1.33 bits per heavy atom. The summed E-state index contributed by atoms with van der Waals surface area (Å²) in [6.45, 7) is 6.34. The quantitative estimate of drug-likeness (QED) is 0.654. The molecule has 2 rings (SSSR count). The molecule has 0 saturated heterocycles. The fraction of sp³-hybridized carbons (Fsp3) is 0.462. The van der Waals surface area contributed by atoms with Crippen LogP contribution in [0.4, 0.5) is 0 Å². The van der Waals surface area contributed by atoms with Gasteiger partial charge in [-0.15, -0.1) is 0 Å². The third kappa shape index (κ3) is 1.81. The second-order valence-corrected chi connectivity index (χ2v) is 5.72. The zero-order chi connectivity index (χ0) is 11.2. The highest BCUT2D eigenvalue weighted by atomic mass is 35.5. The lowest BCUT2D eigenvalue weighted by Crippen LogP contribution is -2.25. The van der Waals surface area contributed by atoms with E-state index in [4.69, 9.17) is 11.6 Å². The van der Waals surface area contributed by atoms with E-state index in [0.29, 0.717) is 0 Å². The van der Waals surface area contributed by atoms with E-state index in [0.717, 1.165) is 22.6 Å². The largest absolute Gasteiger partial charge is 0.294 e. The Bertz CT molecular complexity index is 415. The predicted molar refractivity (Wildman–Crippen MR) is 62.4 cm³/mol. The molecule has 0 N–H and O–H groups in total. The lowest BCUT2D eigenvalue weighted by atomic mass is 9.78. The molecule has 0 amide bonds. The maximum atomic E-state index is 12.1. The van der Waals surface area contributed by atoms with E-state index < -0.39 is 0 Å². The minimum Gasteiger partial charge on any atom is -0.294 e. The first-order chi connectivity index (χ1) is 6.89. The molecule has 0 aliphatic heterocycles. The number of Topliss-reactive ketones (excluding diaryl/α,β-unsaturated/α-hetero) is 1. The molecule has 15 heavy (non-hydrogen) atoms. The summed E-state index contributed by atoms with van der Waals surface area (Å²) in [5.74, 6) is 0.375. The van der Waals surface area contributed by atoms with Gasteiger partial charge in [0.1, 0.15) is 0 Å². The van der Waals surface area contributed by atoms with Gasteiger partial charge in [-0.1, -0.05) is 32.4 Å². The number of carbonyl (C=O) groups excluding carboxylic acids is 1. The van der Waals surface area contributed by atoms with Gasteiger partial charge >= 0.3 is 0 Å². The topological polar surface area (TPSA) is 17.1 Å². The van der Waals surface area contributed by atoms with Crippen LogP contribution in [0.2, 0.25) is 5.02 Å². The summed E-state index contributed by atoms with van der Waals surface area (Å²) >= 11 is 5.92. The first-order valence-electron chi connectivity index (χ1n) is 5.22. The Hall–Kier alpha value is -0.820. The molecule has 1 unspecified atom stereocenters. The van der Waals surface area contributed by atoms with E-state index in [-0.39, 0.29) is 17.1 Å². The average molecular weight is 223 g/mol. The summed E-state index contributed by atoms with van der Waals surface area (Å²) in [5, 5.41) is 0.719. The summed E-state index contributed by atoms with van der Waals surface area (Å²) in [6, 6.07) is 5.57. The molecule has 1 aliphatic carbocycles. The number of ketones is 1. The molecule has 0 bridgehead atoms. The van der Waals surface area contributed by atoms with Crippen LogP contribution in [-0.4, -0.2) is 5.78 Å². The van der Waals surface area contributed by atoms with Gasteiger partial charge in [-0.25, -0.2) is 0 Å². The molecule has 1 aromatic carbocycles. The Morgan fingerprint density at radius 3 is 2.60 bits per heavy atom. The molecule has 0 fully saturated rings. The summed E-state index contributed by atoms with van der Waals surface area (Å²) in [6.07, 6.45) is 0.832. The third-order valence-corrected chi connectivity index (χ3v) is 3.35. The number of halogens is 1. The average Bonchev–Trinajstić information content (AvgIpc) is 2.42. The van der Waals surface area contributed by atoms with Crippen molar-refractivity contribution >= 4 is 17.4 Å². The lowest BCUT2D eigenvalue weighted by molar-refractivity contribution is 0.0843. The maximum Gasteiger partial charge on any atom is 0.167 e. The number of rotatable bonds is 0. The van der Waals surface area contributed by atoms with Crippen LogP contribution in [0, 0.1) is 11.3 Å². The highest BCUT2D eigenvalue weighted by Crippen LogP contribution is 2.38. The molecule has 0 radical (unpaired) electrons. The number of hydrogen-bond acceptors (Lipinski definition) is 1. The van der Waals surface area contributed by atoms with Crippen LogP contribution in [0.3, 0.4) is 0 Å². The van der Waals surface area contributed by atoms with Gasteiger partial charge < -0.3 is 0 Å². The summed E-state index contributed by atoms with van der Waals surface area (Å²) in [4.78, 5) is 12.1. The van der Waals surface area contributed by atoms with Crippen LogP contribution in [-0.2, 0) is 6.42 Å². The van der Waals surface area contributed by atoms with Gasteiger partial charge in [0, 0.05) is 16.5 Å². The van der Waals surface area contributed by atoms with Crippen molar-refractivity contribution in [2.45, 2.75) is 27.2 Å². The fourth-order valence-corrected chi connectivity index (χ4v) is 2.37. The van der Waals surface area contributed by atoms with Crippen molar-refractivity contribution in [3.8, 4) is 0 Å². The Labute approximate surface area is 95.4 Å². The normalized spacial score (nSPS) is 20.5. The van der Waals surface area contributed by atoms with Crippen molar-refractivity contribution in [1.82, 2.24) is 0 Å². The fourth-order valence-electron chi connectivity index (χ4n) is 2.17. The molecule has 1 nitrogen and oxygen atoms in total. The Kier molecular flexibility index (Phi) is 2.38. The molecule has 1 atom stereocenters. The van der Waals surface area contributed by atoms with Gasteiger partial charge in [-0.2, -0.15) is 0 Å². The highest BCUT2D eigenvalue weighted by Gasteiger charge is 2.38. The number of carbonyl (C=O) groups is 1. The van der Waals surface area contributed by atoms with Gasteiger partial charge in [0.15, 0.2) is 5.78 Å².